The lowest BCUT2D eigenvalue weighted by Crippen LogP contribution is -2.53. The molecule has 8 nitrogen and oxygen atoms in total. The number of thioether (sulfide) groups is 1. The summed E-state index contributed by atoms with van der Waals surface area (Å²) in [5.74, 6) is -0.142. The van der Waals surface area contributed by atoms with Crippen LogP contribution < -0.4 is 14.4 Å². The molecule has 1 aliphatic rings. The van der Waals surface area contributed by atoms with E-state index in [9.17, 15) is 18.0 Å². The van der Waals surface area contributed by atoms with Crippen LogP contribution in [0.5, 0.6) is 5.75 Å². The predicted molar refractivity (Wildman–Crippen MR) is 180 cm³/mol. The van der Waals surface area contributed by atoms with Crippen LogP contribution in [0.25, 0.3) is 0 Å². The number of benzene rings is 3. The van der Waals surface area contributed by atoms with E-state index in [0.29, 0.717) is 18.0 Å². The summed E-state index contributed by atoms with van der Waals surface area (Å²) in [6, 6.07) is 20.0. The Bertz CT molecular complexity index is 1490. The summed E-state index contributed by atoms with van der Waals surface area (Å²) >= 11 is 4.96. The van der Waals surface area contributed by atoms with Gasteiger partial charge in [-0.15, -0.1) is 11.8 Å². The molecule has 236 valence electrons. The van der Waals surface area contributed by atoms with Crippen LogP contribution in [0.2, 0.25) is 0 Å². The number of rotatable bonds is 13. The highest BCUT2D eigenvalue weighted by atomic mass is 79.9. The summed E-state index contributed by atoms with van der Waals surface area (Å²) in [5, 5.41) is 3.13. The molecule has 1 unspecified atom stereocenters. The van der Waals surface area contributed by atoms with Gasteiger partial charge in [-0.05, 0) is 99.2 Å². The molecule has 4 rings (SSSR count). The van der Waals surface area contributed by atoms with Crippen LogP contribution in [0.15, 0.2) is 87.1 Å². The Labute approximate surface area is 273 Å². The highest BCUT2D eigenvalue weighted by Crippen LogP contribution is 2.28. The number of carbonyl (C=O) groups is 2. The van der Waals surface area contributed by atoms with Crippen LogP contribution in [-0.4, -0.2) is 56.6 Å². The molecule has 3 aromatic rings. The van der Waals surface area contributed by atoms with Crippen molar-refractivity contribution in [3.8, 4) is 5.75 Å². The summed E-state index contributed by atoms with van der Waals surface area (Å²) in [4.78, 5) is 30.1. The van der Waals surface area contributed by atoms with Gasteiger partial charge in [-0.2, -0.15) is 0 Å². The number of amides is 2. The van der Waals surface area contributed by atoms with E-state index in [1.165, 1.54) is 16.7 Å². The van der Waals surface area contributed by atoms with E-state index in [-0.39, 0.29) is 23.4 Å². The number of nitrogens with one attached hydrogen (secondary N) is 1. The molecule has 44 heavy (non-hydrogen) atoms. The summed E-state index contributed by atoms with van der Waals surface area (Å²) < 4.78 is 35.8. The minimum absolute atomic E-state index is 0.0690. The number of hydrogen-bond donors (Lipinski definition) is 1. The maximum atomic E-state index is 14.2. The van der Waals surface area contributed by atoms with Crippen LogP contribution in [0.4, 0.5) is 5.69 Å². The normalized spacial score (nSPS) is 14.5. The molecule has 0 aromatic heterocycles. The largest absolute Gasteiger partial charge is 0.494 e. The van der Waals surface area contributed by atoms with E-state index in [4.69, 9.17) is 4.74 Å². The van der Waals surface area contributed by atoms with Crippen molar-refractivity contribution in [1.29, 1.82) is 0 Å². The molecule has 2 amide bonds. The summed E-state index contributed by atoms with van der Waals surface area (Å²) in [7, 11) is -4.15. The van der Waals surface area contributed by atoms with Crippen molar-refractivity contribution in [2.45, 2.75) is 74.4 Å². The van der Waals surface area contributed by atoms with Gasteiger partial charge in [0.25, 0.3) is 10.0 Å². The Kier molecular flexibility index (Phi) is 12.2. The van der Waals surface area contributed by atoms with Crippen LogP contribution in [0.1, 0.15) is 51.5 Å². The van der Waals surface area contributed by atoms with E-state index in [2.05, 4.69) is 21.2 Å². The van der Waals surface area contributed by atoms with Gasteiger partial charge in [0.15, 0.2) is 0 Å². The topological polar surface area (TPSA) is 96.0 Å². The third-order valence-corrected chi connectivity index (χ3v) is 10.8. The molecular formula is C33H40BrN3O5S2. The Morgan fingerprint density at radius 2 is 1.61 bits per heavy atom. The Balaban J connectivity index is 1.68. The fourth-order valence-corrected chi connectivity index (χ4v) is 7.30. The molecule has 3 aromatic carbocycles. The molecule has 1 fully saturated rings. The number of anilines is 1. The van der Waals surface area contributed by atoms with E-state index in [1.54, 1.807) is 55.5 Å². The molecule has 1 atom stereocenters. The highest BCUT2D eigenvalue weighted by Gasteiger charge is 2.33. The van der Waals surface area contributed by atoms with Gasteiger partial charge in [0.05, 0.1) is 17.2 Å². The smallest absolute Gasteiger partial charge is 0.264 e. The van der Waals surface area contributed by atoms with Gasteiger partial charge < -0.3 is 15.0 Å². The zero-order chi connectivity index (χ0) is 31.7. The minimum Gasteiger partial charge on any atom is -0.494 e. The van der Waals surface area contributed by atoms with Gasteiger partial charge in [0, 0.05) is 22.0 Å². The second kappa shape index (κ2) is 15.8. The van der Waals surface area contributed by atoms with Crippen LogP contribution in [0, 0.1) is 0 Å². The maximum absolute atomic E-state index is 14.2. The van der Waals surface area contributed by atoms with Crippen LogP contribution >= 0.6 is 27.7 Å². The standard InChI is InChI=1S/C33H40BrN3O5S2/c1-4-42-29-16-14-28(15-17-29)37(44(40,41)31-20-18-30(43-3)19-21-31)23-32(38)36(22-25-10-12-26(34)13-11-25)24(2)33(39)35-27-8-6-5-7-9-27/h10-21,24,27H,4-9,22-23H2,1-3H3,(H,35,39). The average Bonchev–Trinajstić information content (AvgIpc) is 3.04. The predicted octanol–water partition coefficient (Wildman–Crippen LogP) is 6.63. The molecule has 0 saturated heterocycles. The zero-order valence-electron chi connectivity index (χ0n) is 25.4. The molecule has 0 heterocycles. The second-order valence-corrected chi connectivity index (χ2v) is 14.4. The SMILES string of the molecule is CCOc1ccc(N(CC(=O)N(Cc2ccc(Br)cc2)C(C)C(=O)NC2CCCCC2)S(=O)(=O)c2ccc(SC)cc2)cc1. The molecule has 11 heteroatoms. The zero-order valence-corrected chi connectivity index (χ0v) is 28.6. The molecule has 1 N–H and O–H groups in total. The van der Waals surface area contributed by atoms with Gasteiger partial charge in [-0.3, -0.25) is 13.9 Å². The van der Waals surface area contributed by atoms with E-state index in [1.807, 2.05) is 37.4 Å². The third-order valence-electron chi connectivity index (χ3n) is 7.75. The third kappa shape index (κ3) is 8.79. The maximum Gasteiger partial charge on any atom is 0.264 e. The van der Waals surface area contributed by atoms with Crippen molar-refractivity contribution in [3.05, 3.63) is 82.8 Å². The van der Waals surface area contributed by atoms with Gasteiger partial charge in [0.1, 0.15) is 18.3 Å². The number of carbonyl (C=O) groups excluding carboxylic acids is 2. The molecule has 0 bridgehead atoms. The first-order valence-corrected chi connectivity index (χ1v) is 18.3. The number of sulfonamides is 1. The molecule has 0 aliphatic heterocycles. The van der Waals surface area contributed by atoms with Gasteiger partial charge in [-0.25, -0.2) is 8.42 Å². The average molecular weight is 703 g/mol. The Morgan fingerprint density at radius 3 is 2.20 bits per heavy atom. The van der Waals surface area contributed by atoms with E-state index >= 15 is 0 Å². The fourth-order valence-electron chi connectivity index (χ4n) is 5.22. The van der Waals surface area contributed by atoms with Gasteiger partial charge in [-0.1, -0.05) is 47.3 Å². The first-order valence-electron chi connectivity index (χ1n) is 14.9. The van der Waals surface area contributed by atoms with Crippen molar-refractivity contribution in [1.82, 2.24) is 10.2 Å². The van der Waals surface area contributed by atoms with Crippen molar-refractivity contribution in [2.75, 3.05) is 23.7 Å². The first-order chi connectivity index (χ1) is 21.1. The summed E-state index contributed by atoms with van der Waals surface area (Å²) in [6.45, 7) is 3.69. The molecule has 1 saturated carbocycles. The van der Waals surface area contributed by atoms with Crippen LogP contribution in [-0.2, 0) is 26.2 Å². The number of ether oxygens (including phenoxy) is 1. The summed E-state index contributed by atoms with van der Waals surface area (Å²) in [6.07, 6.45) is 7.03. The van der Waals surface area contributed by atoms with Gasteiger partial charge >= 0.3 is 0 Å². The first kappa shape index (κ1) is 33.9. The number of halogens is 1. The Hall–Kier alpha value is -3.02. The molecular weight excluding hydrogens is 662 g/mol. The number of hydrogen-bond acceptors (Lipinski definition) is 6. The van der Waals surface area contributed by atoms with Gasteiger partial charge in [0.2, 0.25) is 11.8 Å². The molecule has 0 spiro atoms. The number of nitrogens with zero attached hydrogens (tertiary/aromatic N) is 2. The van der Waals surface area contributed by atoms with Crippen molar-refractivity contribution in [3.63, 3.8) is 0 Å². The molecule has 1 aliphatic carbocycles. The van der Waals surface area contributed by atoms with Crippen molar-refractivity contribution in [2.24, 2.45) is 0 Å². The lowest BCUT2D eigenvalue weighted by atomic mass is 9.95. The fraction of sp³-hybridized carbons (Fsp3) is 0.394. The second-order valence-electron chi connectivity index (χ2n) is 10.8. The van der Waals surface area contributed by atoms with Crippen LogP contribution in [0.3, 0.4) is 0 Å². The minimum atomic E-state index is -4.15. The molecule has 0 radical (unpaired) electrons. The Morgan fingerprint density at radius 1 is 0.977 bits per heavy atom. The van der Waals surface area contributed by atoms with E-state index in [0.717, 1.165) is 51.3 Å². The monoisotopic (exact) mass is 701 g/mol. The lowest BCUT2D eigenvalue weighted by Gasteiger charge is -2.33. The van der Waals surface area contributed by atoms with Crippen molar-refractivity contribution < 1.29 is 22.7 Å². The summed E-state index contributed by atoms with van der Waals surface area (Å²) in [5.41, 5.74) is 1.14. The highest BCUT2D eigenvalue weighted by molar-refractivity contribution is 9.10. The van der Waals surface area contributed by atoms with Crippen molar-refractivity contribution >= 4 is 55.2 Å². The van der Waals surface area contributed by atoms with E-state index < -0.39 is 28.5 Å². The lowest BCUT2D eigenvalue weighted by molar-refractivity contribution is -0.139. The quantitative estimate of drug-likeness (QED) is 0.201.